The molecule has 0 saturated heterocycles. The van der Waals surface area contributed by atoms with Crippen LogP contribution in [-0.2, 0) is 11.8 Å². The average Bonchev–Trinajstić information content (AvgIpc) is 3.10. The van der Waals surface area contributed by atoms with Crippen molar-refractivity contribution in [1.29, 1.82) is 0 Å². The van der Waals surface area contributed by atoms with Gasteiger partial charge in [0.05, 0.1) is 0 Å². The van der Waals surface area contributed by atoms with Crippen molar-refractivity contribution in [1.82, 2.24) is 0 Å². The van der Waals surface area contributed by atoms with Gasteiger partial charge in [-0.05, 0) is 35.2 Å². The first kappa shape index (κ1) is 11.2. The Morgan fingerprint density at radius 2 is 1.06 bits per heavy atom. The van der Waals surface area contributed by atoms with Crippen LogP contribution in [0.4, 0.5) is 0 Å². The summed E-state index contributed by atoms with van der Waals surface area (Å²) in [6.45, 7) is 0. The van der Waals surface area contributed by atoms with Gasteiger partial charge in [-0.25, -0.2) is 0 Å². The van der Waals surface area contributed by atoms with Gasteiger partial charge in [0.1, 0.15) is 0 Å². The van der Waals surface area contributed by atoms with Crippen LogP contribution in [0.25, 0.3) is 0 Å². The number of rotatable bonds is 3. The molecule has 0 spiro atoms. The SMILES string of the molecule is S=P(C1=CC=CC1)(C1=CC=CC1)C1=CC=CC1. The van der Waals surface area contributed by atoms with E-state index in [9.17, 15) is 0 Å². The highest BCUT2D eigenvalue weighted by Crippen LogP contribution is 2.71. The Morgan fingerprint density at radius 1 is 0.706 bits per heavy atom. The third-order valence-electron chi connectivity index (χ3n) is 3.47. The first-order chi connectivity index (χ1) is 8.32. The zero-order valence-corrected chi connectivity index (χ0v) is 11.4. The lowest BCUT2D eigenvalue weighted by Crippen LogP contribution is -1.92. The molecule has 0 aromatic carbocycles. The third-order valence-corrected chi connectivity index (χ3v) is 9.00. The molecule has 3 rings (SSSR count). The van der Waals surface area contributed by atoms with Crippen molar-refractivity contribution < 1.29 is 0 Å². The van der Waals surface area contributed by atoms with Gasteiger partial charge in [-0.15, -0.1) is 0 Å². The van der Waals surface area contributed by atoms with Gasteiger partial charge in [-0.1, -0.05) is 66.5 Å². The van der Waals surface area contributed by atoms with Crippen molar-refractivity contribution in [2.45, 2.75) is 19.3 Å². The van der Waals surface area contributed by atoms with Crippen LogP contribution in [0, 0.1) is 0 Å². The lowest BCUT2D eigenvalue weighted by molar-refractivity contribution is 1.33. The second-order valence-electron chi connectivity index (χ2n) is 4.48. The van der Waals surface area contributed by atoms with Crippen LogP contribution in [0.2, 0.25) is 0 Å². The Labute approximate surface area is 108 Å². The Morgan fingerprint density at radius 3 is 1.29 bits per heavy atom. The van der Waals surface area contributed by atoms with Crippen LogP contribution in [0.3, 0.4) is 0 Å². The molecule has 17 heavy (non-hydrogen) atoms. The minimum atomic E-state index is -1.63. The number of hydrogen-bond acceptors (Lipinski definition) is 1. The predicted octanol–water partition coefficient (Wildman–Crippen LogP) is 5.00. The molecule has 0 heterocycles. The topological polar surface area (TPSA) is 0 Å². The lowest BCUT2D eigenvalue weighted by atomic mass is 10.5. The molecule has 0 N–H and O–H groups in total. The fourth-order valence-electron chi connectivity index (χ4n) is 2.56. The van der Waals surface area contributed by atoms with Crippen LogP contribution in [0.15, 0.2) is 70.6 Å². The molecule has 2 heteroatoms. The number of allylic oxidation sites excluding steroid dienone is 12. The zero-order valence-electron chi connectivity index (χ0n) is 9.67. The molecule has 0 aromatic heterocycles. The quantitative estimate of drug-likeness (QED) is 0.642. The standard InChI is InChI=1S/C15H15PS/c17-16(13-7-1-2-8-13,14-9-3-4-10-14)15-11-5-6-12-15/h1-7,9,11H,8,10,12H2. The van der Waals surface area contributed by atoms with Crippen molar-refractivity contribution in [3.8, 4) is 0 Å². The molecule has 0 fully saturated rings. The first-order valence-electron chi connectivity index (χ1n) is 6.00. The zero-order chi connectivity index (χ0) is 11.7. The van der Waals surface area contributed by atoms with Gasteiger partial charge in [0.15, 0.2) is 0 Å². The van der Waals surface area contributed by atoms with Gasteiger partial charge in [0, 0.05) is 6.04 Å². The number of hydrogen-bond donors (Lipinski definition) is 0. The third kappa shape index (κ3) is 1.78. The van der Waals surface area contributed by atoms with Crippen LogP contribution in [-0.4, -0.2) is 0 Å². The molecular formula is C15H15PS. The van der Waals surface area contributed by atoms with Crippen LogP contribution in [0.1, 0.15) is 19.3 Å². The Hall–Kier alpha value is -0.910. The summed E-state index contributed by atoms with van der Waals surface area (Å²) in [7, 11) is 0. The average molecular weight is 258 g/mol. The fourth-order valence-corrected chi connectivity index (χ4v) is 6.86. The van der Waals surface area contributed by atoms with Crippen molar-refractivity contribution in [2.75, 3.05) is 0 Å². The molecule has 0 aliphatic heterocycles. The highest BCUT2D eigenvalue weighted by atomic mass is 32.4. The highest BCUT2D eigenvalue weighted by Gasteiger charge is 2.31. The second-order valence-corrected chi connectivity index (χ2v) is 9.07. The molecule has 0 saturated carbocycles. The summed E-state index contributed by atoms with van der Waals surface area (Å²) in [5.41, 5.74) is 0. The minimum Gasteiger partial charge on any atom is -0.0836 e. The van der Waals surface area contributed by atoms with Crippen LogP contribution >= 0.6 is 6.04 Å². The van der Waals surface area contributed by atoms with Crippen LogP contribution < -0.4 is 0 Å². The molecule has 0 unspecified atom stereocenters. The Balaban J connectivity index is 2.04. The summed E-state index contributed by atoms with van der Waals surface area (Å²) in [6, 6.07) is -1.63. The van der Waals surface area contributed by atoms with E-state index in [1.807, 2.05) is 0 Å². The Bertz CT molecular complexity index is 487. The van der Waals surface area contributed by atoms with Crippen molar-refractivity contribution in [3.05, 3.63) is 70.6 Å². The van der Waals surface area contributed by atoms with Gasteiger partial charge >= 0.3 is 0 Å². The summed E-state index contributed by atoms with van der Waals surface area (Å²) in [4.78, 5) is 0. The summed E-state index contributed by atoms with van der Waals surface area (Å²) in [5, 5.41) is 4.41. The monoisotopic (exact) mass is 258 g/mol. The van der Waals surface area contributed by atoms with Crippen molar-refractivity contribution in [2.24, 2.45) is 0 Å². The van der Waals surface area contributed by atoms with E-state index in [1.54, 1.807) is 0 Å². The Kier molecular flexibility index (Phi) is 2.90. The van der Waals surface area contributed by atoms with Gasteiger partial charge in [0.2, 0.25) is 0 Å². The van der Waals surface area contributed by atoms with E-state index in [4.69, 9.17) is 11.8 Å². The molecule has 0 nitrogen and oxygen atoms in total. The summed E-state index contributed by atoms with van der Waals surface area (Å²) in [5.74, 6) is 0. The van der Waals surface area contributed by atoms with Gasteiger partial charge in [0.25, 0.3) is 0 Å². The molecule has 0 atom stereocenters. The lowest BCUT2D eigenvalue weighted by Gasteiger charge is -2.27. The molecule has 3 aliphatic rings. The van der Waals surface area contributed by atoms with Crippen molar-refractivity contribution in [3.63, 3.8) is 0 Å². The highest BCUT2D eigenvalue weighted by molar-refractivity contribution is 8.20. The molecular weight excluding hydrogens is 243 g/mol. The summed E-state index contributed by atoms with van der Waals surface area (Å²) < 4.78 is 0. The molecule has 86 valence electrons. The first-order valence-corrected chi connectivity index (χ1v) is 8.81. The normalized spacial score (nSPS) is 22.0. The molecule has 0 aromatic rings. The fraction of sp³-hybridized carbons (Fsp3) is 0.200. The smallest absolute Gasteiger partial charge is 0.0272 e. The molecule has 3 aliphatic carbocycles. The van der Waals surface area contributed by atoms with Crippen molar-refractivity contribution >= 4 is 17.8 Å². The van der Waals surface area contributed by atoms with E-state index in [2.05, 4.69) is 54.7 Å². The predicted molar refractivity (Wildman–Crippen MR) is 79.8 cm³/mol. The summed E-state index contributed by atoms with van der Waals surface area (Å²) >= 11 is 6.17. The molecule has 0 radical (unpaired) electrons. The maximum absolute atomic E-state index is 6.17. The van der Waals surface area contributed by atoms with E-state index in [-0.39, 0.29) is 0 Å². The van der Waals surface area contributed by atoms with Gasteiger partial charge < -0.3 is 0 Å². The molecule has 0 amide bonds. The maximum Gasteiger partial charge on any atom is 0.0272 e. The van der Waals surface area contributed by atoms with Crippen LogP contribution in [0.5, 0.6) is 0 Å². The van der Waals surface area contributed by atoms with E-state index in [1.165, 1.54) is 15.9 Å². The van der Waals surface area contributed by atoms with E-state index >= 15 is 0 Å². The van der Waals surface area contributed by atoms with Gasteiger partial charge in [-0.3, -0.25) is 0 Å². The minimum absolute atomic E-state index is 1.05. The van der Waals surface area contributed by atoms with Gasteiger partial charge in [-0.2, -0.15) is 0 Å². The largest absolute Gasteiger partial charge is 0.0836 e. The maximum atomic E-state index is 6.17. The van der Waals surface area contributed by atoms with E-state index in [0.29, 0.717) is 0 Å². The molecule has 0 bridgehead atoms. The van der Waals surface area contributed by atoms with E-state index in [0.717, 1.165) is 19.3 Å². The van der Waals surface area contributed by atoms with E-state index < -0.39 is 6.04 Å². The second kappa shape index (κ2) is 4.40. The summed E-state index contributed by atoms with van der Waals surface area (Å²) in [6.07, 6.45) is 23.0.